The lowest BCUT2D eigenvalue weighted by Gasteiger charge is -2.13. The zero-order valence-electron chi connectivity index (χ0n) is 15.3. The number of hydrogen-bond donors (Lipinski definition) is 1. The normalized spacial score (nSPS) is 11.4. The standard InChI is InChI=1S/C18H19BrN4O4S/c1-26-16-7-15(19)18(8-17(16)27-2)28(24,25)22-9-13-3-5-14(6-4-13)10-23-12-20-11-21-23/h3-8,11-12,22H,9-10H2,1-2H3. The molecule has 0 atom stereocenters. The van der Waals surface area contributed by atoms with Crippen molar-refractivity contribution in [3.8, 4) is 11.5 Å². The highest BCUT2D eigenvalue weighted by molar-refractivity contribution is 9.10. The largest absolute Gasteiger partial charge is 0.493 e. The van der Waals surface area contributed by atoms with Crippen molar-refractivity contribution in [1.82, 2.24) is 19.5 Å². The lowest BCUT2D eigenvalue weighted by molar-refractivity contribution is 0.353. The number of halogens is 1. The number of ether oxygens (including phenoxy) is 2. The van der Waals surface area contributed by atoms with Gasteiger partial charge in [0.05, 0.1) is 20.8 Å². The zero-order valence-corrected chi connectivity index (χ0v) is 17.7. The Morgan fingerprint density at radius 2 is 1.71 bits per heavy atom. The van der Waals surface area contributed by atoms with Crippen molar-refractivity contribution in [1.29, 1.82) is 0 Å². The van der Waals surface area contributed by atoms with Gasteiger partial charge in [0.1, 0.15) is 17.6 Å². The Labute approximate surface area is 171 Å². The average molecular weight is 467 g/mol. The summed E-state index contributed by atoms with van der Waals surface area (Å²) in [6.45, 7) is 0.761. The van der Waals surface area contributed by atoms with Gasteiger partial charge in [0.25, 0.3) is 0 Å². The van der Waals surface area contributed by atoms with E-state index in [2.05, 4.69) is 30.7 Å². The van der Waals surface area contributed by atoms with Crippen molar-refractivity contribution < 1.29 is 17.9 Å². The van der Waals surface area contributed by atoms with Crippen LogP contribution in [-0.2, 0) is 23.1 Å². The highest BCUT2D eigenvalue weighted by Crippen LogP contribution is 2.35. The van der Waals surface area contributed by atoms with E-state index in [0.29, 0.717) is 22.5 Å². The summed E-state index contributed by atoms with van der Waals surface area (Å²) in [4.78, 5) is 3.98. The van der Waals surface area contributed by atoms with Crippen molar-refractivity contribution in [2.45, 2.75) is 18.0 Å². The Bertz CT molecular complexity index is 1040. The summed E-state index contributed by atoms with van der Waals surface area (Å²) in [5.41, 5.74) is 1.88. The Balaban J connectivity index is 1.71. The Morgan fingerprint density at radius 1 is 1.07 bits per heavy atom. The van der Waals surface area contributed by atoms with Crippen LogP contribution >= 0.6 is 15.9 Å². The van der Waals surface area contributed by atoms with Crippen molar-refractivity contribution in [2.24, 2.45) is 0 Å². The molecule has 1 aromatic heterocycles. The molecule has 148 valence electrons. The van der Waals surface area contributed by atoms with Gasteiger partial charge in [-0.2, -0.15) is 5.10 Å². The lowest BCUT2D eigenvalue weighted by Crippen LogP contribution is -2.23. The van der Waals surface area contributed by atoms with E-state index in [4.69, 9.17) is 9.47 Å². The van der Waals surface area contributed by atoms with Crippen LogP contribution in [0.2, 0.25) is 0 Å². The first-order valence-corrected chi connectivity index (χ1v) is 10.5. The van der Waals surface area contributed by atoms with Crippen LogP contribution in [0.4, 0.5) is 0 Å². The molecule has 0 bridgehead atoms. The number of benzene rings is 2. The maximum Gasteiger partial charge on any atom is 0.242 e. The predicted octanol–water partition coefficient (Wildman–Crippen LogP) is 2.58. The SMILES string of the molecule is COc1cc(Br)c(S(=O)(=O)NCc2ccc(Cn3cncn3)cc2)cc1OC. The molecule has 1 N–H and O–H groups in total. The molecule has 0 spiro atoms. The summed E-state index contributed by atoms with van der Waals surface area (Å²) in [7, 11) is -0.809. The summed E-state index contributed by atoms with van der Waals surface area (Å²) >= 11 is 3.28. The molecule has 2 aromatic carbocycles. The molecule has 0 amide bonds. The number of methoxy groups -OCH3 is 2. The number of hydrogen-bond acceptors (Lipinski definition) is 6. The Hall–Kier alpha value is -2.43. The van der Waals surface area contributed by atoms with E-state index in [1.165, 1.54) is 26.6 Å². The molecule has 0 unspecified atom stereocenters. The second kappa shape index (κ2) is 8.72. The molecule has 0 saturated heterocycles. The molecule has 1 heterocycles. The Kier molecular flexibility index (Phi) is 6.32. The van der Waals surface area contributed by atoms with Gasteiger partial charge in [-0.1, -0.05) is 24.3 Å². The first kappa shape index (κ1) is 20.3. The Morgan fingerprint density at radius 3 is 2.32 bits per heavy atom. The number of nitrogens with one attached hydrogen (secondary N) is 1. The maximum atomic E-state index is 12.7. The van der Waals surface area contributed by atoms with Gasteiger partial charge < -0.3 is 9.47 Å². The minimum absolute atomic E-state index is 0.0768. The molecular weight excluding hydrogens is 448 g/mol. The minimum Gasteiger partial charge on any atom is -0.493 e. The quantitative estimate of drug-likeness (QED) is 0.547. The van der Waals surface area contributed by atoms with Crippen LogP contribution in [-0.4, -0.2) is 37.4 Å². The fraction of sp³-hybridized carbons (Fsp3) is 0.222. The van der Waals surface area contributed by atoms with Gasteiger partial charge in [0.2, 0.25) is 10.0 Å². The van der Waals surface area contributed by atoms with Gasteiger partial charge in [-0.25, -0.2) is 22.8 Å². The molecule has 0 saturated carbocycles. The molecular formula is C18H19BrN4O4S. The maximum absolute atomic E-state index is 12.7. The predicted molar refractivity (Wildman–Crippen MR) is 107 cm³/mol. The third-order valence-corrected chi connectivity index (χ3v) is 6.39. The summed E-state index contributed by atoms with van der Waals surface area (Å²) in [6.07, 6.45) is 3.12. The minimum atomic E-state index is -3.75. The van der Waals surface area contributed by atoms with Crippen LogP contribution in [0.15, 0.2) is 58.4 Å². The highest BCUT2D eigenvalue weighted by Gasteiger charge is 2.21. The number of rotatable bonds is 8. The number of nitrogens with zero attached hydrogens (tertiary/aromatic N) is 3. The smallest absolute Gasteiger partial charge is 0.242 e. The van der Waals surface area contributed by atoms with Crippen LogP contribution < -0.4 is 14.2 Å². The van der Waals surface area contributed by atoms with E-state index in [1.54, 1.807) is 17.1 Å². The summed E-state index contributed by atoms with van der Waals surface area (Å²) in [5.74, 6) is 0.778. The van der Waals surface area contributed by atoms with E-state index >= 15 is 0 Å². The molecule has 0 aliphatic rings. The van der Waals surface area contributed by atoms with Gasteiger partial charge in [0, 0.05) is 17.1 Å². The monoisotopic (exact) mass is 466 g/mol. The number of aromatic nitrogens is 3. The van der Waals surface area contributed by atoms with Crippen LogP contribution in [0.1, 0.15) is 11.1 Å². The van der Waals surface area contributed by atoms with Crippen molar-refractivity contribution in [3.05, 3.63) is 64.7 Å². The van der Waals surface area contributed by atoms with E-state index in [9.17, 15) is 8.42 Å². The van der Waals surface area contributed by atoms with Crippen molar-refractivity contribution in [2.75, 3.05) is 14.2 Å². The summed E-state index contributed by atoms with van der Waals surface area (Å²) < 4.78 is 40.5. The molecule has 0 aliphatic carbocycles. The van der Waals surface area contributed by atoms with Gasteiger partial charge in [-0.15, -0.1) is 0 Å². The third-order valence-electron chi connectivity index (χ3n) is 4.03. The lowest BCUT2D eigenvalue weighted by atomic mass is 10.1. The van der Waals surface area contributed by atoms with Gasteiger partial charge in [-0.3, -0.25) is 0 Å². The zero-order chi connectivity index (χ0) is 20.1. The second-order valence-corrected chi connectivity index (χ2v) is 8.46. The molecule has 3 rings (SSSR count). The fourth-order valence-electron chi connectivity index (χ4n) is 2.56. The van der Waals surface area contributed by atoms with Gasteiger partial charge in [-0.05, 0) is 33.1 Å². The average Bonchev–Trinajstić information content (AvgIpc) is 3.20. The van der Waals surface area contributed by atoms with E-state index in [1.807, 2.05) is 24.3 Å². The topological polar surface area (TPSA) is 95.3 Å². The molecule has 3 aromatic rings. The van der Waals surface area contributed by atoms with E-state index < -0.39 is 10.0 Å². The first-order valence-electron chi connectivity index (χ1n) is 8.24. The molecule has 10 heteroatoms. The first-order chi connectivity index (χ1) is 13.4. The van der Waals surface area contributed by atoms with E-state index in [-0.39, 0.29) is 11.4 Å². The van der Waals surface area contributed by atoms with Crippen LogP contribution in [0.25, 0.3) is 0 Å². The highest BCUT2D eigenvalue weighted by atomic mass is 79.9. The third kappa shape index (κ3) is 4.70. The van der Waals surface area contributed by atoms with Crippen LogP contribution in [0, 0.1) is 0 Å². The molecule has 0 radical (unpaired) electrons. The van der Waals surface area contributed by atoms with Crippen molar-refractivity contribution in [3.63, 3.8) is 0 Å². The molecule has 28 heavy (non-hydrogen) atoms. The fourth-order valence-corrected chi connectivity index (χ4v) is 4.61. The molecule has 8 nitrogen and oxygen atoms in total. The second-order valence-electron chi connectivity index (χ2n) is 5.87. The van der Waals surface area contributed by atoms with Crippen LogP contribution in [0.3, 0.4) is 0 Å². The molecule has 0 aliphatic heterocycles. The number of sulfonamides is 1. The van der Waals surface area contributed by atoms with E-state index in [0.717, 1.165) is 11.1 Å². The van der Waals surface area contributed by atoms with Gasteiger partial charge >= 0.3 is 0 Å². The summed E-state index contributed by atoms with van der Waals surface area (Å²) in [6, 6.07) is 10.6. The van der Waals surface area contributed by atoms with Crippen molar-refractivity contribution >= 4 is 26.0 Å². The van der Waals surface area contributed by atoms with Crippen LogP contribution in [0.5, 0.6) is 11.5 Å². The summed E-state index contributed by atoms with van der Waals surface area (Å²) in [5, 5.41) is 4.06. The van der Waals surface area contributed by atoms with Gasteiger partial charge in [0.15, 0.2) is 11.5 Å². The molecule has 0 fully saturated rings.